The Morgan fingerprint density at radius 2 is 1.08 bits per heavy atom. The lowest BCUT2D eigenvalue weighted by molar-refractivity contribution is 0.909. The van der Waals surface area contributed by atoms with Crippen molar-refractivity contribution in [2.45, 2.75) is 13.3 Å². The van der Waals surface area contributed by atoms with Crippen LogP contribution in [0.2, 0.25) is 0 Å². The third-order valence-corrected chi connectivity index (χ3v) is 9.44. The molecule has 0 amide bonds. The Labute approximate surface area is 287 Å². The minimum absolute atomic E-state index is 0.192. The van der Waals surface area contributed by atoms with E-state index in [0.717, 1.165) is 78.3 Å². The van der Waals surface area contributed by atoms with Crippen molar-refractivity contribution in [3.63, 3.8) is 0 Å². The van der Waals surface area contributed by atoms with Crippen LogP contribution in [0.1, 0.15) is 12.7 Å². The maximum Gasteiger partial charge on any atom is 0.114 e. The average molecular weight is 600 g/mol. The van der Waals surface area contributed by atoms with Gasteiger partial charge in [-0.15, -0.1) is 16.4 Å². The van der Waals surface area contributed by atoms with Crippen LogP contribution in [0, 0.1) is 0 Å². The molecular formula is C41H25B5N2. The number of aryl methyl sites for hydroxylation is 1. The molecule has 2 nitrogen and oxygen atoms in total. The smallest absolute Gasteiger partial charge is 0.114 e. The molecule has 0 aliphatic rings. The molecule has 10 radical (unpaired) electrons. The van der Waals surface area contributed by atoms with Crippen LogP contribution in [-0.4, -0.2) is 48.8 Å². The lowest BCUT2D eigenvalue weighted by atomic mass is 9.59. The zero-order chi connectivity index (χ0) is 33.1. The van der Waals surface area contributed by atoms with Crippen LogP contribution >= 0.6 is 0 Å². The number of aromatic nitrogens is 2. The van der Waals surface area contributed by atoms with E-state index in [4.69, 9.17) is 44.2 Å². The lowest BCUT2D eigenvalue weighted by Gasteiger charge is -2.26. The molecule has 0 saturated carbocycles. The molecule has 0 bridgehead atoms. The minimum atomic E-state index is 0.192. The van der Waals surface area contributed by atoms with Gasteiger partial charge < -0.3 is 0 Å². The lowest BCUT2D eigenvalue weighted by Crippen LogP contribution is -2.55. The molecule has 0 atom stereocenters. The molecule has 7 aromatic carbocycles. The molecule has 48 heavy (non-hydrogen) atoms. The number of fused-ring (bicyclic) bond motifs is 3. The fourth-order valence-electron chi connectivity index (χ4n) is 7.13. The molecule has 8 rings (SSSR count). The van der Waals surface area contributed by atoms with Crippen LogP contribution in [0.25, 0.3) is 71.6 Å². The Bertz CT molecular complexity index is 2530. The standard InChI is InChI=1S/C41H25B5N2/c1-2-33-47-30-17-9-11-19-32(30)48(33)31-18-10-8-16-28(31)34-25-14-6-7-15-26(25)35(36-37(42)39(44)41(46)40(45)38(36)43)29-22-24(20-21-27(29)34)23-12-4-3-5-13-23/h3-22H,2H2,1H3. The largest absolute Gasteiger partial charge is 0.296 e. The van der Waals surface area contributed by atoms with Crippen LogP contribution in [0.5, 0.6) is 0 Å². The molecule has 214 valence electrons. The molecule has 8 aromatic rings. The van der Waals surface area contributed by atoms with Crippen LogP contribution < -0.4 is 27.3 Å². The van der Waals surface area contributed by atoms with Crippen LogP contribution in [0.3, 0.4) is 0 Å². The van der Waals surface area contributed by atoms with E-state index in [2.05, 4.69) is 102 Å². The molecule has 0 aliphatic heterocycles. The summed E-state index contributed by atoms with van der Waals surface area (Å²) < 4.78 is 2.29. The summed E-state index contributed by atoms with van der Waals surface area (Å²) in [4.78, 5) is 5.01. The normalized spacial score (nSPS) is 11.5. The number of imidazole rings is 1. The van der Waals surface area contributed by atoms with E-state index >= 15 is 0 Å². The highest BCUT2D eigenvalue weighted by atomic mass is 15.1. The second kappa shape index (κ2) is 11.8. The van der Waals surface area contributed by atoms with Crippen molar-refractivity contribution < 1.29 is 0 Å². The summed E-state index contributed by atoms with van der Waals surface area (Å²) in [6, 6.07) is 42.1. The highest BCUT2D eigenvalue weighted by Crippen LogP contribution is 2.45. The average Bonchev–Trinajstić information content (AvgIpc) is 3.52. The van der Waals surface area contributed by atoms with Gasteiger partial charge in [0, 0.05) is 12.0 Å². The first kappa shape index (κ1) is 30.2. The molecule has 0 spiro atoms. The molecule has 1 heterocycles. The first-order valence-electron chi connectivity index (χ1n) is 16.0. The van der Waals surface area contributed by atoms with Crippen molar-refractivity contribution in [1.82, 2.24) is 9.55 Å². The molecule has 0 N–H and O–H groups in total. The number of para-hydroxylation sites is 3. The maximum atomic E-state index is 6.79. The molecule has 0 fully saturated rings. The van der Waals surface area contributed by atoms with Gasteiger partial charge in [0.25, 0.3) is 0 Å². The monoisotopic (exact) mass is 600 g/mol. The summed E-state index contributed by atoms with van der Waals surface area (Å²) in [5.41, 5.74) is 10.1. The molecular weight excluding hydrogens is 575 g/mol. The summed E-state index contributed by atoms with van der Waals surface area (Å²) in [5.74, 6) is 0.994. The number of hydrogen-bond acceptors (Lipinski definition) is 1. The minimum Gasteiger partial charge on any atom is -0.296 e. The van der Waals surface area contributed by atoms with Crippen molar-refractivity contribution >= 4 is 99.1 Å². The van der Waals surface area contributed by atoms with Gasteiger partial charge in [0.05, 0.1) is 16.7 Å². The summed E-state index contributed by atoms with van der Waals surface area (Å²) in [6.07, 6.45) is 0.780. The van der Waals surface area contributed by atoms with Crippen molar-refractivity contribution in [3.8, 4) is 39.1 Å². The van der Waals surface area contributed by atoms with Crippen LogP contribution in [-0.2, 0) is 6.42 Å². The molecule has 7 heteroatoms. The molecule has 0 aliphatic carbocycles. The predicted octanol–water partition coefficient (Wildman–Crippen LogP) is 4.86. The first-order valence-corrected chi connectivity index (χ1v) is 16.0. The van der Waals surface area contributed by atoms with Crippen molar-refractivity contribution in [1.29, 1.82) is 0 Å². The molecule has 1 aromatic heterocycles. The van der Waals surface area contributed by atoms with E-state index in [1.165, 1.54) is 0 Å². The van der Waals surface area contributed by atoms with E-state index in [1.54, 1.807) is 0 Å². The van der Waals surface area contributed by atoms with Gasteiger partial charge in [0.2, 0.25) is 0 Å². The fourth-order valence-corrected chi connectivity index (χ4v) is 7.13. The SMILES string of the molecule is [B]c1c([B])c([B])c(-c2c3ccccc3c(-c3ccccc3-n3c(CC)nc4ccccc43)c3ccc(-c4ccccc4)cc23)c([B])c1[B]. The Kier molecular flexibility index (Phi) is 7.44. The molecule has 0 unspecified atom stereocenters. The number of benzene rings is 7. The Morgan fingerprint density at radius 1 is 0.500 bits per heavy atom. The Hall–Kier alpha value is -5.15. The highest BCUT2D eigenvalue weighted by molar-refractivity contribution is 6.69. The van der Waals surface area contributed by atoms with E-state index < -0.39 is 0 Å². The van der Waals surface area contributed by atoms with E-state index in [-0.39, 0.29) is 16.4 Å². The van der Waals surface area contributed by atoms with Gasteiger partial charge >= 0.3 is 0 Å². The zero-order valence-corrected chi connectivity index (χ0v) is 26.5. The van der Waals surface area contributed by atoms with Gasteiger partial charge in [-0.25, -0.2) is 4.98 Å². The van der Waals surface area contributed by atoms with Crippen molar-refractivity contribution in [2.75, 3.05) is 0 Å². The van der Waals surface area contributed by atoms with Gasteiger partial charge in [-0.2, -0.15) is 0 Å². The van der Waals surface area contributed by atoms with E-state index in [1.807, 2.05) is 30.3 Å². The second-order valence-corrected chi connectivity index (χ2v) is 12.1. The number of hydrogen-bond donors (Lipinski definition) is 0. The third kappa shape index (κ3) is 4.59. The summed E-state index contributed by atoms with van der Waals surface area (Å²) in [7, 11) is 32.8. The van der Waals surface area contributed by atoms with E-state index in [9.17, 15) is 0 Å². The van der Waals surface area contributed by atoms with Crippen LogP contribution in [0.15, 0.2) is 121 Å². The van der Waals surface area contributed by atoms with Gasteiger partial charge in [-0.3, -0.25) is 4.57 Å². The maximum absolute atomic E-state index is 6.79. The van der Waals surface area contributed by atoms with Gasteiger partial charge in [0.1, 0.15) is 45.1 Å². The summed E-state index contributed by atoms with van der Waals surface area (Å²) in [6.45, 7) is 2.14. The van der Waals surface area contributed by atoms with E-state index in [0.29, 0.717) is 16.5 Å². The Balaban J connectivity index is 1.56. The topological polar surface area (TPSA) is 17.8 Å². The summed E-state index contributed by atoms with van der Waals surface area (Å²) >= 11 is 0. The number of nitrogens with zero attached hydrogens (tertiary/aromatic N) is 2. The third-order valence-electron chi connectivity index (χ3n) is 9.44. The second-order valence-electron chi connectivity index (χ2n) is 12.1. The van der Waals surface area contributed by atoms with Crippen molar-refractivity contribution in [2.24, 2.45) is 0 Å². The predicted molar refractivity (Wildman–Crippen MR) is 209 cm³/mol. The molecule has 0 saturated heterocycles. The van der Waals surface area contributed by atoms with Gasteiger partial charge in [-0.05, 0) is 73.6 Å². The summed E-state index contributed by atoms with van der Waals surface area (Å²) in [5, 5.41) is 4.00. The fraction of sp³-hybridized carbons (Fsp3) is 0.0488. The zero-order valence-electron chi connectivity index (χ0n) is 26.5. The van der Waals surface area contributed by atoms with Gasteiger partial charge in [0.15, 0.2) is 0 Å². The Morgan fingerprint density at radius 3 is 1.81 bits per heavy atom. The van der Waals surface area contributed by atoms with Gasteiger partial charge in [-0.1, -0.05) is 115 Å². The van der Waals surface area contributed by atoms with Crippen molar-refractivity contribution in [3.05, 3.63) is 127 Å². The van der Waals surface area contributed by atoms with Crippen LogP contribution in [0.4, 0.5) is 0 Å². The quantitative estimate of drug-likeness (QED) is 0.204. The first-order chi connectivity index (χ1) is 23.4. The highest BCUT2D eigenvalue weighted by Gasteiger charge is 2.23. The number of rotatable bonds is 5.